The van der Waals surface area contributed by atoms with Gasteiger partial charge in [-0.15, -0.1) is 0 Å². The Balaban J connectivity index is 1.60. The molecule has 0 aliphatic heterocycles. The first-order valence-electron chi connectivity index (χ1n) is 9.53. The van der Waals surface area contributed by atoms with Crippen molar-refractivity contribution in [3.8, 4) is 5.75 Å². The lowest BCUT2D eigenvalue weighted by atomic mass is 10.2. The van der Waals surface area contributed by atoms with Gasteiger partial charge >= 0.3 is 0 Å². The maximum Gasteiger partial charge on any atom is 0.265 e. The van der Waals surface area contributed by atoms with Crippen LogP contribution >= 0.6 is 0 Å². The van der Waals surface area contributed by atoms with Crippen LogP contribution in [0.15, 0.2) is 76.2 Å². The van der Waals surface area contributed by atoms with Crippen molar-refractivity contribution in [3.63, 3.8) is 0 Å². The normalized spacial score (nSPS) is 12.3. The molecule has 0 aliphatic rings. The number of carbonyl (C=O) groups is 1. The first-order valence-corrected chi connectivity index (χ1v) is 11.0. The van der Waals surface area contributed by atoms with Crippen molar-refractivity contribution in [2.75, 3.05) is 5.32 Å². The van der Waals surface area contributed by atoms with Gasteiger partial charge in [-0.2, -0.15) is 0 Å². The molecule has 3 aromatic rings. The lowest BCUT2D eigenvalue weighted by Gasteiger charge is -2.17. The number of ether oxygens (including phenoxy) is 1. The Hall–Kier alpha value is -3.10. The average Bonchev–Trinajstić information content (AvgIpc) is 3.26. The molecule has 1 unspecified atom stereocenters. The summed E-state index contributed by atoms with van der Waals surface area (Å²) in [4.78, 5) is 12.6. The van der Waals surface area contributed by atoms with Gasteiger partial charge in [-0.3, -0.25) is 4.79 Å². The number of carbonyl (C=O) groups excluding carboxylic acids is 1. The van der Waals surface area contributed by atoms with E-state index in [9.17, 15) is 13.2 Å². The van der Waals surface area contributed by atoms with E-state index < -0.39 is 16.1 Å². The summed E-state index contributed by atoms with van der Waals surface area (Å²) in [5.74, 6) is 0.831. The predicted molar refractivity (Wildman–Crippen MR) is 114 cm³/mol. The SMILES string of the molecule is CCC(Oc1ccc(C)cc1)C(=O)Nc1ccc(S(=O)(=O)NCc2ccco2)cc1. The highest BCUT2D eigenvalue weighted by Gasteiger charge is 2.19. The Morgan fingerprint density at radius 3 is 2.37 bits per heavy atom. The zero-order valence-electron chi connectivity index (χ0n) is 16.8. The quantitative estimate of drug-likeness (QED) is 0.539. The highest BCUT2D eigenvalue weighted by molar-refractivity contribution is 7.89. The molecular formula is C22H24N2O5S. The molecule has 1 heterocycles. The number of anilines is 1. The minimum Gasteiger partial charge on any atom is -0.481 e. The molecule has 0 aliphatic carbocycles. The third-order valence-corrected chi connectivity index (χ3v) is 5.83. The number of benzene rings is 2. The third-order valence-electron chi connectivity index (χ3n) is 4.41. The second-order valence-electron chi connectivity index (χ2n) is 6.75. The molecule has 0 spiro atoms. The molecule has 0 fully saturated rings. The van der Waals surface area contributed by atoms with Crippen LogP contribution in [0.1, 0.15) is 24.7 Å². The second-order valence-corrected chi connectivity index (χ2v) is 8.51. The van der Waals surface area contributed by atoms with Crippen molar-refractivity contribution in [1.29, 1.82) is 0 Å². The zero-order valence-corrected chi connectivity index (χ0v) is 17.6. The van der Waals surface area contributed by atoms with Crippen LogP contribution in [0.5, 0.6) is 5.75 Å². The molecule has 3 rings (SSSR count). The molecule has 1 atom stereocenters. The monoisotopic (exact) mass is 428 g/mol. The topological polar surface area (TPSA) is 97.6 Å². The largest absolute Gasteiger partial charge is 0.481 e. The number of rotatable bonds is 9. The minimum atomic E-state index is -3.69. The van der Waals surface area contributed by atoms with Gasteiger partial charge in [0.15, 0.2) is 6.10 Å². The minimum absolute atomic E-state index is 0.0579. The van der Waals surface area contributed by atoms with Crippen molar-refractivity contribution < 1.29 is 22.4 Å². The number of nitrogens with one attached hydrogen (secondary N) is 2. The van der Waals surface area contributed by atoms with E-state index in [1.165, 1.54) is 30.5 Å². The molecule has 0 saturated carbocycles. The van der Waals surface area contributed by atoms with Gasteiger partial charge in [0.1, 0.15) is 11.5 Å². The van der Waals surface area contributed by atoms with Crippen LogP contribution in [-0.2, 0) is 21.4 Å². The van der Waals surface area contributed by atoms with Crippen molar-refractivity contribution in [2.24, 2.45) is 0 Å². The third kappa shape index (κ3) is 5.71. The van der Waals surface area contributed by atoms with Crippen molar-refractivity contribution >= 4 is 21.6 Å². The molecule has 158 valence electrons. The molecule has 30 heavy (non-hydrogen) atoms. The number of furan rings is 1. The summed E-state index contributed by atoms with van der Waals surface area (Å²) in [5, 5.41) is 2.76. The highest BCUT2D eigenvalue weighted by Crippen LogP contribution is 2.18. The van der Waals surface area contributed by atoms with Crippen LogP contribution < -0.4 is 14.8 Å². The van der Waals surface area contributed by atoms with Crippen LogP contribution in [0.2, 0.25) is 0 Å². The lowest BCUT2D eigenvalue weighted by molar-refractivity contribution is -0.122. The van der Waals surface area contributed by atoms with Crippen molar-refractivity contribution in [3.05, 3.63) is 78.3 Å². The van der Waals surface area contributed by atoms with E-state index in [0.29, 0.717) is 23.6 Å². The fraction of sp³-hybridized carbons (Fsp3) is 0.227. The Labute approximate surface area is 176 Å². The summed E-state index contributed by atoms with van der Waals surface area (Å²) in [6.07, 6.45) is 1.31. The summed E-state index contributed by atoms with van der Waals surface area (Å²) < 4.78 is 38.1. The zero-order chi connectivity index (χ0) is 21.6. The number of hydrogen-bond donors (Lipinski definition) is 2. The van der Waals surface area contributed by atoms with Crippen molar-refractivity contribution in [1.82, 2.24) is 4.72 Å². The van der Waals surface area contributed by atoms with E-state index in [-0.39, 0.29) is 17.3 Å². The Bertz CT molecular complexity index is 1060. The van der Waals surface area contributed by atoms with Gasteiger partial charge in [0.05, 0.1) is 17.7 Å². The van der Waals surface area contributed by atoms with Gasteiger partial charge in [0.2, 0.25) is 10.0 Å². The molecular weight excluding hydrogens is 404 g/mol. The molecule has 2 aromatic carbocycles. The molecule has 1 aromatic heterocycles. The first-order chi connectivity index (χ1) is 14.4. The summed E-state index contributed by atoms with van der Waals surface area (Å²) in [5.41, 5.74) is 1.59. The summed E-state index contributed by atoms with van der Waals surface area (Å²) in [6.45, 7) is 3.89. The molecule has 2 N–H and O–H groups in total. The standard InChI is InChI=1S/C22H24N2O5S/c1-3-21(29-18-10-6-16(2)7-11-18)22(25)24-17-8-12-20(13-9-17)30(26,27)23-15-19-5-4-14-28-19/h4-14,21,23H,3,15H2,1-2H3,(H,24,25). The van der Waals surface area contributed by atoms with Gasteiger partial charge in [-0.1, -0.05) is 24.6 Å². The average molecular weight is 429 g/mol. The predicted octanol–water partition coefficient (Wildman–Crippen LogP) is 3.86. The van der Waals surface area contributed by atoms with Crippen LogP contribution in [0.25, 0.3) is 0 Å². The highest BCUT2D eigenvalue weighted by atomic mass is 32.2. The number of sulfonamides is 1. The molecule has 1 amide bonds. The maximum atomic E-state index is 12.6. The molecule has 7 nitrogen and oxygen atoms in total. The van der Waals surface area contributed by atoms with Crippen LogP contribution in [-0.4, -0.2) is 20.4 Å². The summed E-state index contributed by atoms with van der Waals surface area (Å²) >= 11 is 0. The number of hydrogen-bond acceptors (Lipinski definition) is 5. The number of aryl methyl sites for hydroxylation is 1. The maximum absolute atomic E-state index is 12.6. The number of amides is 1. The van der Waals surface area contributed by atoms with Gasteiger partial charge in [0, 0.05) is 5.69 Å². The van der Waals surface area contributed by atoms with E-state index in [2.05, 4.69) is 10.0 Å². The fourth-order valence-corrected chi connectivity index (χ4v) is 3.70. The second kappa shape index (κ2) is 9.60. The Morgan fingerprint density at radius 2 is 1.77 bits per heavy atom. The van der Waals surface area contributed by atoms with Gasteiger partial charge in [-0.25, -0.2) is 13.1 Å². The smallest absolute Gasteiger partial charge is 0.265 e. The van der Waals surface area contributed by atoms with E-state index >= 15 is 0 Å². The first kappa shape index (κ1) is 21.6. The Morgan fingerprint density at radius 1 is 1.07 bits per heavy atom. The van der Waals surface area contributed by atoms with E-state index in [0.717, 1.165) is 5.56 Å². The molecule has 0 bridgehead atoms. The summed E-state index contributed by atoms with van der Waals surface area (Å²) in [6, 6.07) is 16.8. The fourth-order valence-electron chi connectivity index (χ4n) is 2.71. The van der Waals surface area contributed by atoms with Gasteiger partial charge in [-0.05, 0) is 61.9 Å². The van der Waals surface area contributed by atoms with E-state index in [1.807, 2.05) is 38.1 Å². The van der Waals surface area contributed by atoms with Crippen LogP contribution in [0.4, 0.5) is 5.69 Å². The Kier molecular flexibility index (Phi) is 6.91. The van der Waals surface area contributed by atoms with E-state index in [4.69, 9.17) is 9.15 Å². The van der Waals surface area contributed by atoms with Gasteiger partial charge < -0.3 is 14.5 Å². The molecule has 0 saturated heterocycles. The molecule has 0 radical (unpaired) electrons. The van der Waals surface area contributed by atoms with E-state index in [1.54, 1.807) is 12.1 Å². The van der Waals surface area contributed by atoms with Crippen molar-refractivity contribution in [2.45, 2.75) is 37.8 Å². The lowest BCUT2D eigenvalue weighted by Crippen LogP contribution is -2.32. The van der Waals surface area contributed by atoms with Crippen LogP contribution in [0.3, 0.4) is 0 Å². The molecule has 8 heteroatoms. The van der Waals surface area contributed by atoms with Gasteiger partial charge in [0.25, 0.3) is 5.91 Å². The van der Waals surface area contributed by atoms with Crippen LogP contribution in [0, 0.1) is 6.92 Å². The summed E-state index contributed by atoms with van der Waals surface area (Å²) in [7, 11) is -3.69.